The van der Waals surface area contributed by atoms with Crippen LogP contribution in [0, 0.1) is 0 Å². The standard InChI is InChI=1S/C22H26N4O3S/c1-16(30-22-25-24-21(28)26(22)14-9-15-29-2)20(27)23-19(17-10-5-3-6-11-17)18-12-7-4-8-13-18/h3-8,10-13,16,19H,9,14-15H2,1-2H3,(H,23,27)(H,24,28). The highest BCUT2D eigenvalue weighted by Crippen LogP contribution is 2.25. The number of ether oxygens (including phenoxy) is 1. The van der Waals surface area contributed by atoms with Crippen LogP contribution >= 0.6 is 11.8 Å². The second kappa shape index (κ2) is 10.8. The van der Waals surface area contributed by atoms with Gasteiger partial charge in [0, 0.05) is 20.3 Å². The maximum atomic E-state index is 13.0. The summed E-state index contributed by atoms with van der Waals surface area (Å²) in [6.45, 7) is 2.84. The van der Waals surface area contributed by atoms with Gasteiger partial charge in [-0.3, -0.25) is 9.36 Å². The fourth-order valence-corrected chi connectivity index (χ4v) is 3.97. The molecule has 3 rings (SSSR count). The molecule has 1 heterocycles. The van der Waals surface area contributed by atoms with Crippen molar-refractivity contribution in [2.24, 2.45) is 0 Å². The molecule has 0 fully saturated rings. The van der Waals surface area contributed by atoms with Gasteiger partial charge in [-0.1, -0.05) is 72.4 Å². The van der Waals surface area contributed by atoms with Crippen LogP contribution in [0.5, 0.6) is 0 Å². The Hall–Kier alpha value is -2.84. The Kier molecular flexibility index (Phi) is 7.87. The van der Waals surface area contributed by atoms with Crippen LogP contribution in [0.25, 0.3) is 0 Å². The van der Waals surface area contributed by atoms with Crippen LogP contribution in [0.2, 0.25) is 0 Å². The topological polar surface area (TPSA) is 89.0 Å². The lowest BCUT2D eigenvalue weighted by atomic mass is 9.98. The van der Waals surface area contributed by atoms with E-state index in [2.05, 4.69) is 15.5 Å². The van der Waals surface area contributed by atoms with Crippen LogP contribution in [0.4, 0.5) is 0 Å². The van der Waals surface area contributed by atoms with Gasteiger partial charge in [0.15, 0.2) is 5.16 Å². The van der Waals surface area contributed by atoms with Crippen molar-refractivity contribution in [1.82, 2.24) is 20.1 Å². The summed E-state index contributed by atoms with van der Waals surface area (Å²) in [5.74, 6) is -0.128. The number of rotatable bonds is 10. The summed E-state index contributed by atoms with van der Waals surface area (Å²) >= 11 is 1.26. The molecule has 7 nitrogen and oxygen atoms in total. The van der Waals surface area contributed by atoms with Gasteiger partial charge in [-0.15, -0.1) is 5.10 Å². The van der Waals surface area contributed by atoms with Crippen LogP contribution < -0.4 is 11.0 Å². The molecule has 0 saturated heterocycles. The summed E-state index contributed by atoms with van der Waals surface area (Å²) in [7, 11) is 1.62. The molecule has 0 aliphatic carbocycles. The maximum Gasteiger partial charge on any atom is 0.343 e. The predicted molar refractivity (Wildman–Crippen MR) is 118 cm³/mol. The van der Waals surface area contributed by atoms with Crippen molar-refractivity contribution in [1.29, 1.82) is 0 Å². The first-order valence-electron chi connectivity index (χ1n) is 9.81. The second-order valence-corrected chi connectivity index (χ2v) is 8.14. The molecule has 0 aliphatic heterocycles. The molecule has 0 bridgehead atoms. The maximum absolute atomic E-state index is 13.0. The second-order valence-electron chi connectivity index (χ2n) is 6.83. The van der Waals surface area contributed by atoms with E-state index in [0.29, 0.717) is 24.7 Å². The van der Waals surface area contributed by atoms with Gasteiger partial charge in [0.25, 0.3) is 0 Å². The molecular weight excluding hydrogens is 400 g/mol. The summed E-state index contributed by atoms with van der Waals surface area (Å²) in [5.41, 5.74) is 1.73. The van der Waals surface area contributed by atoms with E-state index in [1.54, 1.807) is 11.7 Å². The predicted octanol–water partition coefficient (Wildman–Crippen LogP) is 2.99. The molecule has 2 aromatic carbocycles. The highest BCUT2D eigenvalue weighted by Gasteiger charge is 2.23. The van der Waals surface area contributed by atoms with Crippen LogP contribution in [0.15, 0.2) is 70.6 Å². The van der Waals surface area contributed by atoms with E-state index >= 15 is 0 Å². The zero-order chi connectivity index (χ0) is 21.3. The van der Waals surface area contributed by atoms with Gasteiger partial charge in [0.05, 0.1) is 11.3 Å². The number of benzene rings is 2. The highest BCUT2D eigenvalue weighted by molar-refractivity contribution is 8.00. The number of carbonyl (C=O) groups excluding carboxylic acids is 1. The van der Waals surface area contributed by atoms with E-state index in [0.717, 1.165) is 11.1 Å². The first-order valence-corrected chi connectivity index (χ1v) is 10.7. The molecule has 1 aromatic heterocycles. The van der Waals surface area contributed by atoms with Crippen molar-refractivity contribution in [3.8, 4) is 0 Å². The largest absolute Gasteiger partial charge is 0.385 e. The minimum atomic E-state index is -0.434. The van der Waals surface area contributed by atoms with Crippen LogP contribution in [-0.4, -0.2) is 39.6 Å². The van der Waals surface area contributed by atoms with Gasteiger partial charge in [0.2, 0.25) is 5.91 Å². The molecule has 158 valence electrons. The molecule has 2 N–H and O–H groups in total. The quantitative estimate of drug-likeness (QED) is 0.384. The van der Waals surface area contributed by atoms with Crippen LogP contribution in [-0.2, 0) is 16.1 Å². The van der Waals surface area contributed by atoms with Gasteiger partial charge in [-0.05, 0) is 24.5 Å². The molecular formula is C22H26N4O3S. The van der Waals surface area contributed by atoms with Crippen LogP contribution in [0.3, 0.4) is 0 Å². The van der Waals surface area contributed by atoms with E-state index < -0.39 is 5.25 Å². The highest BCUT2D eigenvalue weighted by atomic mass is 32.2. The molecule has 30 heavy (non-hydrogen) atoms. The Labute approximate surface area is 179 Å². The average molecular weight is 427 g/mol. The lowest BCUT2D eigenvalue weighted by Crippen LogP contribution is -2.35. The number of hydrogen-bond acceptors (Lipinski definition) is 5. The Bertz CT molecular complexity index is 949. The number of amides is 1. The monoisotopic (exact) mass is 426 g/mol. The molecule has 8 heteroatoms. The van der Waals surface area contributed by atoms with Crippen molar-refractivity contribution in [3.63, 3.8) is 0 Å². The summed E-state index contributed by atoms with van der Waals surface area (Å²) < 4.78 is 6.59. The van der Waals surface area contributed by atoms with Crippen molar-refractivity contribution < 1.29 is 9.53 Å². The van der Waals surface area contributed by atoms with Gasteiger partial charge in [0.1, 0.15) is 0 Å². The first kappa shape index (κ1) is 21.9. The minimum absolute atomic E-state index is 0.128. The number of hydrogen-bond donors (Lipinski definition) is 2. The Morgan fingerprint density at radius 2 is 1.73 bits per heavy atom. The SMILES string of the molecule is COCCCn1c(SC(C)C(=O)NC(c2ccccc2)c2ccccc2)n[nH]c1=O. The van der Waals surface area contributed by atoms with Crippen molar-refractivity contribution in [3.05, 3.63) is 82.3 Å². The third-order valence-corrected chi connectivity index (χ3v) is 5.75. The van der Waals surface area contributed by atoms with E-state index in [1.165, 1.54) is 11.8 Å². The first-order chi connectivity index (χ1) is 14.6. The zero-order valence-electron chi connectivity index (χ0n) is 17.1. The third-order valence-electron chi connectivity index (χ3n) is 4.66. The molecule has 0 aliphatic rings. The van der Waals surface area contributed by atoms with E-state index in [-0.39, 0.29) is 17.6 Å². The van der Waals surface area contributed by atoms with Gasteiger partial charge < -0.3 is 10.1 Å². The minimum Gasteiger partial charge on any atom is -0.385 e. The lowest BCUT2D eigenvalue weighted by Gasteiger charge is -2.22. The number of nitrogens with zero attached hydrogens (tertiary/aromatic N) is 2. The summed E-state index contributed by atoms with van der Waals surface area (Å²) in [6.07, 6.45) is 0.689. The third kappa shape index (κ3) is 5.61. The molecule has 3 aromatic rings. The molecule has 0 radical (unpaired) electrons. The Balaban J connectivity index is 1.73. The van der Waals surface area contributed by atoms with Gasteiger partial charge >= 0.3 is 5.69 Å². The fraction of sp³-hybridized carbons (Fsp3) is 0.318. The number of thioether (sulfide) groups is 1. The summed E-state index contributed by atoms with van der Waals surface area (Å²) in [5, 5.41) is 9.75. The van der Waals surface area contributed by atoms with Gasteiger partial charge in [-0.25, -0.2) is 9.89 Å². The molecule has 1 amide bonds. The summed E-state index contributed by atoms with van der Waals surface area (Å²) in [4.78, 5) is 25.0. The Morgan fingerprint density at radius 3 is 2.30 bits per heavy atom. The average Bonchev–Trinajstić information content (AvgIpc) is 3.12. The molecule has 1 unspecified atom stereocenters. The number of H-pyrrole nitrogens is 1. The number of aromatic nitrogens is 3. The van der Waals surface area contributed by atoms with Crippen LogP contribution in [0.1, 0.15) is 30.5 Å². The normalized spacial score (nSPS) is 12.1. The van der Waals surface area contributed by atoms with Crippen molar-refractivity contribution >= 4 is 17.7 Å². The molecule has 0 saturated carbocycles. The smallest absolute Gasteiger partial charge is 0.343 e. The van der Waals surface area contributed by atoms with Gasteiger partial charge in [-0.2, -0.15) is 0 Å². The Morgan fingerprint density at radius 1 is 1.13 bits per heavy atom. The van der Waals surface area contributed by atoms with E-state index in [4.69, 9.17) is 4.74 Å². The fourth-order valence-electron chi connectivity index (χ4n) is 3.08. The van der Waals surface area contributed by atoms with E-state index in [1.807, 2.05) is 67.6 Å². The number of carbonyl (C=O) groups is 1. The van der Waals surface area contributed by atoms with Crippen molar-refractivity contribution in [2.75, 3.05) is 13.7 Å². The number of nitrogens with one attached hydrogen (secondary N) is 2. The number of aromatic amines is 1. The van der Waals surface area contributed by atoms with Crippen molar-refractivity contribution in [2.45, 2.75) is 36.3 Å². The molecule has 1 atom stereocenters. The lowest BCUT2D eigenvalue weighted by molar-refractivity contribution is -0.120. The zero-order valence-corrected chi connectivity index (χ0v) is 17.9. The summed E-state index contributed by atoms with van der Waals surface area (Å²) in [6, 6.07) is 19.5. The van der Waals surface area contributed by atoms with E-state index in [9.17, 15) is 9.59 Å². The molecule has 0 spiro atoms. The number of methoxy groups -OCH3 is 1.